The maximum Gasteiger partial charge on any atom is 0.471 e. The van der Waals surface area contributed by atoms with E-state index in [1.54, 1.807) is 12.1 Å². The van der Waals surface area contributed by atoms with Gasteiger partial charge in [-0.3, -0.25) is 18.6 Å². The van der Waals surface area contributed by atoms with Crippen molar-refractivity contribution >= 4 is 30.7 Å². The molecule has 210 valence electrons. The number of phosphoric ester groups is 1. The maximum absolute atomic E-state index is 13.0. The van der Waals surface area contributed by atoms with Gasteiger partial charge in [-0.05, 0) is 60.9 Å². The van der Waals surface area contributed by atoms with Crippen molar-refractivity contribution in [2.75, 3.05) is 20.3 Å². The van der Waals surface area contributed by atoms with Gasteiger partial charge in [0.25, 0.3) is 5.91 Å². The maximum atomic E-state index is 13.0. The molecule has 0 saturated heterocycles. The second kappa shape index (κ2) is 12.4. The fourth-order valence-electron chi connectivity index (χ4n) is 4.35. The predicted molar refractivity (Wildman–Crippen MR) is 147 cm³/mol. The number of carbonyl (C=O) groups is 2. The zero-order valence-corrected chi connectivity index (χ0v) is 22.5. The molecule has 0 radical (unpaired) electrons. The highest BCUT2D eigenvalue weighted by molar-refractivity contribution is 7.47. The third kappa shape index (κ3) is 6.75. The SMILES string of the molecule is COP(=O)(O)OCCCCCCNC(=O)c1ccc(C(=O)O)c(-c2c3ccc(=O)cc-3oc3cc(O)ccc23)c1. The van der Waals surface area contributed by atoms with Crippen molar-refractivity contribution in [1.29, 1.82) is 0 Å². The molecule has 2 aromatic rings. The van der Waals surface area contributed by atoms with E-state index in [4.69, 9.17) is 8.94 Å². The van der Waals surface area contributed by atoms with Gasteiger partial charge in [0.2, 0.25) is 0 Å². The third-order valence-corrected chi connectivity index (χ3v) is 7.27. The molecule has 0 spiro atoms. The average molecular weight is 570 g/mol. The summed E-state index contributed by atoms with van der Waals surface area (Å²) in [6.45, 7) is 0.451. The summed E-state index contributed by atoms with van der Waals surface area (Å²) < 4.78 is 26.2. The summed E-state index contributed by atoms with van der Waals surface area (Å²) in [5.41, 5.74) is 1.32. The fraction of sp³-hybridized carbons (Fsp3) is 0.250. The van der Waals surface area contributed by atoms with Crippen molar-refractivity contribution in [2.45, 2.75) is 25.7 Å². The molecule has 11 nitrogen and oxygen atoms in total. The lowest BCUT2D eigenvalue weighted by Crippen LogP contribution is -2.24. The van der Waals surface area contributed by atoms with Crippen molar-refractivity contribution in [3.63, 3.8) is 0 Å². The Kier molecular flexibility index (Phi) is 9.01. The van der Waals surface area contributed by atoms with Crippen LogP contribution >= 0.6 is 7.82 Å². The molecule has 2 aliphatic rings. The van der Waals surface area contributed by atoms with E-state index in [-0.39, 0.29) is 45.8 Å². The van der Waals surface area contributed by atoms with E-state index in [9.17, 15) is 34.1 Å². The number of carbonyl (C=O) groups excluding carboxylic acids is 1. The first-order chi connectivity index (χ1) is 19.1. The minimum absolute atomic E-state index is 0.0484. The summed E-state index contributed by atoms with van der Waals surface area (Å²) in [6, 6.07) is 12.9. The first-order valence-electron chi connectivity index (χ1n) is 12.5. The molecule has 0 saturated carbocycles. The highest BCUT2D eigenvalue weighted by Crippen LogP contribution is 2.43. The molecule has 1 aliphatic carbocycles. The number of phenolic OH excluding ortho intramolecular Hbond substituents is 1. The van der Waals surface area contributed by atoms with Gasteiger partial charge in [-0.15, -0.1) is 0 Å². The number of amides is 1. The predicted octanol–water partition coefficient (Wildman–Crippen LogP) is 5.02. The summed E-state index contributed by atoms with van der Waals surface area (Å²) in [4.78, 5) is 46.4. The number of unbranched alkanes of at least 4 members (excludes halogenated alkanes) is 3. The molecular formula is C28H28NO10P. The Labute approximate surface area is 228 Å². The molecule has 12 heteroatoms. The van der Waals surface area contributed by atoms with Crippen LogP contribution in [0.25, 0.3) is 33.4 Å². The molecule has 0 fully saturated rings. The number of hydrogen-bond acceptors (Lipinski definition) is 8. The Morgan fingerprint density at radius 2 is 1.75 bits per heavy atom. The van der Waals surface area contributed by atoms with Crippen molar-refractivity contribution in [2.24, 2.45) is 0 Å². The summed E-state index contributed by atoms with van der Waals surface area (Å²) in [7, 11) is -2.88. The van der Waals surface area contributed by atoms with Crippen LogP contribution in [0.3, 0.4) is 0 Å². The topological polar surface area (TPSA) is 173 Å². The first-order valence-corrected chi connectivity index (χ1v) is 14.0. The lowest BCUT2D eigenvalue weighted by molar-refractivity contribution is 0.0697. The number of carboxylic acid groups (broad SMARTS) is 1. The van der Waals surface area contributed by atoms with Crippen molar-refractivity contribution in [1.82, 2.24) is 5.32 Å². The largest absolute Gasteiger partial charge is 0.508 e. The Morgan fingerprint density at radius 3 is 2.50 bits per heavy atom. The first kappa shape index (κ1) is 29.0. The minimum Gasteiger partial charge on any atom is -0.508 e. The van der Waals surface area contributed by atoms with Gasteiger partial charge in [-0.1, -0.05) is 12.8 Å². The Bertz CT molecular complexity index is 1630. The molecule has 4 N–H and O–H groups in total. The highest BCUT2D eigenvalue weighted by atomic mass is 31.2. The molecule has 1 aliphatic heterocycles. The number of phenols is 1. The van der Waals surface area contributed by atoms with Crippen LogP contribution in [0.1, 0.15) is 46.4 Å². The summed E-state index contributed by atoms with van der Waals surface area (Å²) in [6.07, 6.45) is 2.68. The van der Waals surface area contributed by atoms with Gasteiger partial charge >= 0.3 is 13.8 Å². The zero-order chi connectivity index (χ0) is 28.9. The van der Waals surface area contributed by atoms with Crippen LogP contribution in [0.4, 0.5) is 0 Å². The van der Waals surface area contributed by atoms with Gasteiger partial charge in [0, 0.05) is 47.9 Å². The lowest BCUT2D eigenvalue weighted by Gasteiger charge is -2.17. The minimum atomic E-state index is -3.97. The van der Waals surface area contributed by atoms with Crippen LogP contribution in [0.15, 0.2) is 63.8 Å². The van der Waals surface area contributed by atoms with Gasteiger partial charge in [0.05, 0.1) is 12.2 Å². The number of nitrogens with one attached hydrogen (secondary N) is 1. The number of rotatable bonds is 12. The molecule has 1 amide bonds. The highest BCUT2D eigenvalue weighted by Gasteiger charge is 2.23. The van der Waals surface area contributed by atoms with Gasteiger partial charge in [-0.25, -0.2) is 9.36 Å². The van der Waals surface area contributed by atoms with Gasteiger partial charge < -0.3 is 24.8 Å². The summed E-state index contributed by atoms with van der Waals surface area (Å²) in [5, 5.41) is 23.3. The second-order valence-corrected chi connectivity index (χ2v) is 10.6. The van der Waals surface area contributed by atoms with Crippen LogP contribution in [-0.2, 0) is 13.6 Å². The molecule has 1 heterocycles. The molecule has 0 bridgehead atoms. The summed E-state index contributed by atoms with van der Waals surface area (Å²) in [5.74, 6) is -1.45. The van der Waals surface area contributed by atoms with E-state index in [0.717, 1.165) is 20.0 Å². The van der Waals surface area contributed by atoms with E-state index in [2.05, 4.69) is 9.84 Å². The average Bonchev–Trinajstić information content (AvgIpc) is 2.92. The molecule has 1 atom stereocenters. The standard InChI is InChI=1S/C28H28NO10P/c1-37-40(35,36)38-13-5-3-2-4-12-29-27(32)17-6-9-20(28(33)34)23(14-17)26-21-10-7-18(30)15-24(21)39-25-16-19(31)8-11-22(25)26/h6-11,14-16,30H,2-5,12-13H2,1H3,(H,29,32)(H,33,34)(H,35,36). The van der Waals surface area contributed by atoms with Crippen LogP contribution in [-0.4, -0.2) is 47.2 Å². The van der Waals surface area contributed by atoms with Crippen molar-refractivity contribution in [3.05, 3.63) is 75.9 Å². The number of hydrogen-bond donors (Lipinski definition) is 4. The van der Waals surface area contributed by atoms with E-state index in [1.807, 2.05) is 0 Å². The van der Waals surface area contributed by atoms with Gasteiger partial charge in [-0.2, -0.15) is 0 Å². The second-order valence-electron chi connectivity index (χ2n) is 9.04. The van der Waals surface area contributed by atoms with E-state index in [1.165, 1.54) is 42.5 Å². The number of benzene rings is 3. The van der Waals surface area contributed by atoms with E-state index in [0.29, 0.717) is 35.9 Å². The zero-order valence-electron chi connectivity index (χ0n) is 21.6. The monoisotopic (exact) mass is 569 g/mol. The van der Waals surface area contributed by atoms with Crippen molar-refractivity contribution in [3.8, 4) is 28.2 Å². The third-order valence-electron chi connectivity index (χ3n) is 6.30. The molecule has 2 aromatic carbocycles. The summed E-state index contributed by atoms with van der Waals surface area (Å²) >= 11 is 0. The normalized spacial score (nSPS) is 12.8. The van der Waals surface area contributed by atoms with Crippen LogP contribution in [0, 0.1) is 0 Å². The van der Waals surface area contributed by atoms with Gasteiger partial charge in [0.1, 0.15) is 17.1 Å². The van der Waals surface area contributed by atoms with Gasteiger partial charge in [0.15, 0.2) is 5.43 Å². The van der Waals surface area contributed by atoms with Crippen LogP contribution in [0.2, 0.25) is 0 Å². The molecule has 4 rings (SSSR count). The van der Waals surface area contributed by atoms with E-state index < -0.39 is 19.7 Å². The number of phosphoric acid groups is 1. The number of aromatic carboxylic acids is 1. The van der Waals surface area contributed by atoms with Crippen LogP contribution < -0.4 is 10.7 Å². The molecule has 0 aromatic heterocycles. The fourth-order valence-corrected chi connectivity index (χ4v) is 4.81. The Balaban J connectivity index is 1.56. The Hall–Kier alpha value is -4.02. The smallest absolute Gasteiger partial charge is 0.471 e. The lowest BCUT2D eigenvalue weighted by atomic mass is 9.89. The van der Waals surface area contributed by atoms with Crippen molar-refractivity contribution < 1.29 is 42.7 Å². The molecular weight excluding hydrogens is 541 g/mol. The van der Waals surface area contributed by atoms with Crippen LogP contribution in [0.5, 0.6) is 5.75 Å². The molecule has 40 heavy (non-hydrogen) atoms. The quantitative estimate of drug-likeness (QED) is 0.103. The Morgan fingerprint density at radius 1 is 0.975 bits per heavy atom. The molecule has 1 unspecified atom stereocenters. The number of carboxylic acids is 1. The van der Waals surface area contributed by atoms with E-state index >= 15 is 0 Å². The number of fused-ring (bicyclic) bond motifs is 2. The number of aromatic hydroxyl groups is 1.